The molecular weight excluding hydrogens is 228 g/mol. The van der Waals surface area contributed by atoms with E-state index in [0.29, 0.717) is 19.1 Å². The Kier molecular flexibility index (Phi) is 6.09. The Labute approximate surface area is 111 Å². The number of carbonyl (C=O) groups excluding carboxylic acids is 1. The first-order chi connectivity index (χ1) is 8.48. The molecule has 1 aliphatic heterocycles. The van der Waals surface area contributed by atoms with Crippen molar-refractivity contribution >= 4 is 5.91 Å². The van der Waals surface area contributed by atoms with Gasteiger partial charge in [0.15, 0.2) is 0 Å². The summed E-state index contributed by atoms with van der Waals surface area (Å²) < 4.78 is 5.57. The Morgan fingerprint density at radius 1 is 1.44 bits per heavy atom. The van der Waals surface area contributed by atoms with Crippen molar-refractivity contribution in [2.24, 2.45) is 5.92 Å². The van der Waals surface area contributed by atoms with E-state index in [0.717, 1.165) is 19.4 Å². The second-order valence-electron chi connectivity index (χ2n) is 5.72. The molecule has 0 aromatic carbocycles. The normalized spacial score (nSPS) is 24.9. The number of rotatable bonds is 6. The summed E-state index contributed by atoms with van der Waals surface area (Å²) in [4.78, 5) is 12.1. The van der Waals surface area contributed by atoms with Gasteiger partial charge < -0.3 is 15.4 Å². The van der Waals surface area contributed by atoms with Crippen molar-refractivity contribution in [2.75, 3.05) is 19.7 Å². The first kappa shape index (κ1) is 15.4. The van der Waals surface area contributed by atoms with Crippen molar-refractivity contribution in [3.8, 4) is 0 Å². The van der Waals surface area contributed by atoms with Crippen LogP contribution in [0.25, 0.3) is 0 Å². The Balaban J connectivity index is 2.36. The van der Waals surface area contributed by atoms with Crippen LogP contribution in [0.1, 0.15) is 47.0 Å². The summed E-state index contributed by atoms with van der Waals surface area (Å²) in [5, 5.41) is 6.29. The minimum Gasteiger partial charge on any atom is -0.374 e. The zero-order valence-electron chi connectivity index (χ0n) is 12.2. The molecule has 0 bridgehead atoms. The van der Waals surface area contributed by atoms with Crippen LogP contribution in [0.2, 0.25) is 0 Å². The fourth-order valence-corrected chi connectivity index (χ4v) is 2.43. The summed E-state index contributed by atoms with van der Waals surface area (Å²) in [6.45, 7) is 10.4. The van der Waals surface area contributed by atoms with Crippen LogP contribution in [0.15, 0.2) is 0 Å². The maximum Gasteiger partial charge on any atom is 0.237 e. The molecule has 4 heteroatoms. The molecule has 1 amide bonds. The van der Waals surface area contributed by atoms with Gasteiger partial charge in [-0.1, -0.05) is 13.3 Å². The zero-order valence-corrected chi connectivity index (χ0v) is 12.2. The summed E-state index contributed by atoms with van der Waals surface area (Å²) in [5.74, 6) is 0.794. The van der Waals surface area contributed by atoms with Gasteiger partial charge in [0.25, 0.3) is 0 Å². The van der Waals surface area contributed by atoms with E-state index < -0.39 is 0 Å². The van der Waals surface area contributed by atoms with Gasteiger partial charge in [-0.25, -0.2) is 0 Å². The molecule has 1 heterocycles. The van der Waals surface area contributed by atoms with E-state index in [9.17, 15) is 4.79 Å². The fraction of sp³-hybridized carbons (Fsp3) is 0.929. The average molecular weight is 256 g/mol. The van der Waals surface area contributed by atoms with Crippen molar-refractivity contribution in [2.45, 2.75) is 58.6 Å². The highest BCUT2D eigenvalue weighted by molar-refractivity contribution is 5.81. The molecule has 1 fully saturated rings. The summed E-state index contributed by atoms with van der Waals surface area (Å²) in [5.41, 5.74) is -0.288. The third-order valence-corrected chi connectivity index (χ3v) is 3.63. The maximum absolute atomic E-state index is 12.1. The number of piperidine rings is 1. The van der Waals surface area contributed by atoms with E-state index in [1.165, 1.54) is 6.42 Å². The standard InChI is InChI=1S/C14H28N2O2/c1-5-11-7-8-15-12(9-11)13(17)16-10-14(3,4)18-6-2/h11-12,15H,5-10H2,1-4H3,(H,16,17). The molecule has 1 saturated heterocycles. The topological polar surface area (TPSA) is 50.4 Å². The van der Waals surface area contributed by atoms with Crippen molar-refractivity contribution in [1.82, 2.24) is 10.6 Å². The molecule has 0 aromatic heterocycles. The van der Waals surface area contributed by atoms with E-state index in [2.05, 4.69) is 17.6 Å². The fourth-order valence-electron chi connectivity index (χ4n) is 2.43. The van der Waals surface area contributed by atoms with E-state index in [1.54, 1.807) is 0 Å². The predicted octanol–water partition coefficient (Wildman–Crippen LogP) is 1.70. The number of ether oxygens (including phenoxy) is 1. The summed E-state index contributed by atoms with van der Waals surface area (Å²) in [6, 6.07) is -0.0267. The maximum atomic E-state index is 12.1. The van der Waals surface area contributed by atoms with Crippen LogP contribution < -0.4 is 10.6 Å². The molecule has 0 aliphatic carbocycles. The largest absolute Gasteiger partial charge is 0.374 e. The molecule has 1 rings (SSSR count). The van der Waals surface area contributed by atoms with Gasteiger partial charge in [-0.2, -0.15) is 0 Å². The molecule has 0 radical (unpaired) electrons. The van der Waals surface area contributed by atoms with E-state index in [4.69, 9.17) is 4.74 Å². The highest BCUT2D eigenvalue weighted by Gasteiger charge is 2.27. The lowest BCUT2D eigenvalue weighted by molar-refractivity contribution is -0.125. The Morgan fingerprint density at radius 2 is 2.17 bits per heavy atom. The lowest BCUT2D eigenvalue weighted by Crippen LogP contribution is -2.51. The van der Waals surface area contributed by atoms with Gasteiger partial charge >= 0.3 is 0 Å². The quantitative estimate of drug-likeness (QED) is 0.760. The van der Waals surface area contributed by atoms with Crippen LogP contribution >= 0.6 is 0 Å². The molecule has 0 aromatic rings. The Morgan fingerprint density at radius 3 is 2.78 bits per heavy atom. The van der Waals surface area contributed by atoms with Crippen LogP contribution in [0.4, 0.5) is 0 Å². The van der Waals surface area contributed by atoms with Crippen molar-refractivity contribution in [3.05, 3.63) is 0 Å². The van der Waals surface area contributed by atoms with E-state index >= 15 is 0 Å². The second kappa shape index (κ2) is 7.10. The molecule has 2 N–H and O–H groups in total. The van der Waals surface area contributed by atoms with E-state index in [-0.39, 0.29) is 17.6 Å². The molecular formula is C14H28N2O2. The number of nitrogens with one attached hydrogen (secondary N) is 2. The van der Waals surface area contributed by atoms with Gasteiger partial charge in [0.2, 0.25) is 5.91 Å². The third-order valence-electron chi connectivity index (χ3n) is 3.63. The van der Waals surface area contributed by atoms with E-state index in [1.807, 2.05) is 20.8 Å². The van der Waals surface area contributed by atoms with Crippen LogP contribution in [-0.4, -0.2) is 37.2 Å². The van der Waals surface area contributed by atoms with Crippen LogP contribution in [0, 0.1) is 5.92 Å². The Bertz CT molecular complexity index is 267. The molecule has 1 aliphatic rings. The lowest BCUT2D eigenvalue weighted by atomic mass is 9.90. The summed E-state index contributed by atoms with van der Waals surface area (Å²) in [7, 11) is 0. The molecule has 0 spiro atoms. The smallest absolute Gasteiger partial charge is 0.237 e. The van der Waals surface area contributed by atoms with Crippen LogP contribution in [0.3, 0.4) is 0 Å². The number of hydrogen-bond acceptors (Lipinski definition) is 3. The first-order valence-electron chi connectivity index (χ1n) is 7.13. The van der Waals surface area contributed by atoms with Gasteiger partial charge in [0, 0.05) is 13.2 Å². The number of amides is 1. The highest BCUT2D eigenvalue weighted by atomic mass is 16.5. The van der Waals surface area contributed by atoms with Crippen LogP contribution in [0.5, 0.6) is 0 Å². The first-order valence-corrected chi connectivity index (χ1v) is 7.13. The monoisotopic (exact) mass is 256 g/mol. The summed E-state index contributed by atoms with van der Waals surface area (Å²) >= 11 is 0. The zero-order chi connectivity index (χ0) is 13.6. The van der Waals surface area contributed by atoms with Gasteiger partial charge in [0.1, 0.15) is 0 Å². The molecule has 2 atom stereocenters. The molecule has 106 valence electrons. The van der Waals surface area contributed by atoms with Gasteiger partial charge in [-0.3, -0.25) is 4.79 Å². The van der Waals surface area contributed by atoms with Gasteiger partial charge in [-0.15, -0.1) is 0 Å². The lowest BCUT2D eigenvalue weighted by Gasteiger charge is -2.30. The average Bonchev–Trinajstić information content (AvgIpc) is 2.36. The predicted molar refractivity (Wildman–Crippen MR) is 73.5 cm³/mol. The van der Waals surface area contributed by atoms with Gasteiger partial charge in [-0.05, 0) is 46.1 Å². The minimum absolute atomic E-state index is 0.0267. The van der Waals surface area contributed by atoms with Gasteiger partial charge in [0.05, 0.1) is 11.6 Å². The minimum atomic E-state index is -0.288. The number of carbonyl (C=O) groups is 1. The molecule has 2 unspecified atom stereocenters. The van der Waals surface area contributed by atoms with Crippen molar-refractivity contribution < 1.29 is 9.53 Å². The molecule has 0 saturated carbocycles. The Hall–Kier alpha value is -0.610. The molecule has 18 heavy (non-hydrogen) atoms. The third kappa shape index (κ3) is 4.94. The highest BCUT2D eigenvalue weighted by Crippen LogP contribution is 2.19. The number of hydrogen-bond donors (Lipinski definition) is 2. The SMILES string of the molecule is CCOC(C)(C)CNC(=O)C1CC(CC)CCN1. The van der Waals surface area contributed by atoms with Crippen molar-refractivity contribution in [1.29, 1.82) is 0 Å². The van der Waals surface area contributed by atoms with Crippen molar-refractivity contribution in [3.63, 3.8) is 0 Å². The van der Waals surface area contributed by atoms with Crippen LogP contribution in [-0.2, 0) is 9.53 Å². The second-order valence-corrected chi connectivity index (χ2v) is 5.72. The summed E-state index contributed by atoms with van der Waals surface area (Å²) in [6.07, 6.45) is 3.30. The molecule has 4 nitrogen and oxygen atoms in total.